The Bertz CT molecular complexity index is 528. The molecule has 0 bridgehead atoms. The van der Waals surface area contributed by atoms with Gasteiger partial charge in [-0.25, -0.2) is 4.98 Å². The fourth-order valence-corrected chi connectivity index (χ4v) is 2.29. The summed E-state index contributed by atoms with van der Waals surface area (Å²) in [5, 5.41) is 0. The van der Waals surface area contributed by atoms with E-state index in [1.165, 1.54) is 11.1 Å². The fourth-order valence-electron chi connectivity index (χ4n) is 1.88. The number of hydrogen-bond acceptors (Lipinski definition) is 3. The number of anilines is 1. The summed E-state index contributed by atoms with van der Waals surface area (Å²) in [6, 6.07) is 12.2. The maximum absolute atomic E-state index is 5.67. The molecular formula is C14H16BrN3. The molecule has 94 valence electrons. The van der Waals surface area contributed by atoms with E-state index in [4.69, 9.17) is 5.73 Å². The van der Waals surface area contributed by atoms with E-state index in [1.54, 1.807) is 6.20 Å². The van der Waals surface area contributed by atoms with Crippen LogP contribution in [0.2, 0.25) is 0 Å². The Morgan fingerprint density at radius 2 is 2.00 bits per heavy atom. The molecule has 0 saturated heterocycles. The number of halogens is 1. The van der Waals surface area contributed by atoms with Gasteiger partial charge in [-0.1, -0.05) is 34.1 Å². The van der Waals surface area contributed by atoms with E-state index in [1.807, 2.05) is 18.2 Å². The van der Waals surface area contributed by atoms with Crippen molar-refractivity contribution in [1.82, 2.24) is 9.88 Å². The highest BCUT2D eigenvalue weighted by molar-refractivity contribution is 9.10. The van der Waals surface area contributed by atoms with Crippen molar-refractivity contribution in [3.8, 4) is 0 Å². The zero-order valence-electron chi connectivity index (χ0n) is 10.3. The molecule has 1 aromatic carbocycles. The van der Waals surface area contributed by atoms with Gasteiger partial charge in [-0.15, -0.1) is 0 Å². The largest absolute Gasteiger partial charge is 0.384 e. The van der Waals surface area contributed by atoms with E-state index in [0.717, 1.165) is 17.6 Å². The van der Waals surface area contributed by atoms with Crippen molar-refractivity contribution in [2.24, 2.45) is 0 Å². The maximum atomic E-state index is 5.67. The van der Waals surface area contributed by atoms with Gasteiger partial charge in [-0.05, 0) is 36.4 Å². The van der Waals surface area contributed by atoms with Crippen LogP contribution in [0.25, 0.3) is 0 Å². The number of benzene rings is 1. The second-order valence-corrected chi connectivity index (χ2v) is 5.21. The Morgan fingerprint density at radius 3 is 2.72 bits per heavy atom. The molecule has 1 heterocycles. The molecular weight excluding hydrogens is 290 g/mol. The molecule has 0 saturated carbocycles. The summed E-state index contributed by atoms with van der Waals surface area (Å²) < 4.78 is 1.14. The molecule has 0 aliphatic carbocycles. The number of aromatic nitrogens is 1. The average Bonchev–Trinajstić information content (AvgIpc) is 2.32. The van der Waals surface area contributed by atoms with Crippen molar-refractivity contribution < 1.29 is 0 Å². The van der Waals surface area contributed by atoms with Crippen molar-refractivity contribution >= 4 is 21.7 Å². The normalized spacial score (nSPS) is 10.8. The van der Waals surface area contributed by atoms with Crippen LogP contribution in [0.5, 0.6) is 0 Å². The molecule has 18 heavy (non-hydrogen) atoms. The summed E-state index contributed by atoms with van der Waals surface area (Å²) in [6.07, 6.45) is 1.75. The van der Waals surface area contributed by atoms with Gasteiger partial charge in [0.2, 0.25) is 0 Å². The second kappa shape index (κ2) is 5.98. The Labute approximate surface area is 116 Å². The van der Waals surface area contributed by atoms with E-state index in [9.17, 15) is 0 Å². The van der Waals surface area contributed by atoms with Crippen LogP contribution in [0.1, 0.15) is 11.1 Å². The number of nitrogens with two attached hydrogens (primary N) is 1. The third-order valence-electron chi connectivity index (χ3n) is 2.70. The Kier molecular flexibility index (Phi) is 4.33. The lowest BCUT2D eigenvalue weighted by atomic mass is 10.2. The standard InChI is InChI=1S/C14H16BrN3/c1-18(9-11-6-7-17-14(16)8-11)10-12-4-2-3-5-13(12)15/h2-8H,9-10H2,1H3,(H2,16,17). The minimum atomic E-state index is 0.571. The van der Waals surface area contributed by atoms with Gasteiger partial charge in [0, 0.05) is 23.8 Å². The molecule has 1 aromatic heterocycles. The summed E-state index contributed by atoms with van der Waals surface area (Å²) >= 11 is 3.57. The van der Waals surface area contributed by atoms with Crippen LogP contribution in [0.3, 0.4) is 0 Å². The molecule has 0 aliphatic heterocycles. The van der Waals surface area contributed by atoms with Crippen LogP contribution >= 0.6 is 15.9 Å². The van der Waals surface area contributed by atoms with Crippen molar-refractivity contribution in [3.63, 3.8) is 0 Å². The third kappa shape index (κ3) is 3.55. The van der Waals surface area contributed by atoms with Gasteiger partial charge in [0.1, 0.15) is 5.82 Å². The molecule has 3 nitrogen and oxygen atoms in total. The molecule has 2 rings (SSSR count). The summed E-state index contributed by atoms with van der Waals surface area (Å²) in [5.41, 5.74) is 8.13. The highest BCUT2D eigenvalue weighted by atomic mass is 79.9. The lowest BCUT2D eigenvalue weighted by Gasteiger charge is -2.17. The third-order valence-corrected chi connectivity index (χ3v) is 3.47. The summed E-state index contributed by atoms with van der Waals surface area (Å²) in [5.74, 6) is 0.571. The van der Waals surface area contributed by atoms with Crippen molar-refractivity contribution in [2.45, 2.75) is 13.1 Å². The Morgan fingerprint density at radius 1 is 1.22 bits per heavy atom. The van der Waals surface area contributed by atoms with Gasteiger partial charge in [-0.3, -0.25) is 4.90 Å². The van der Waals surface area contributed by atoms with Crippen molar-refractivity contribution in [2.75, 3.05) is 12.8 Å². The zero-order valence-corrected chi connectivity index (χ0v) is 11.9. The quantitative estimate of drug-likeness (QED) is 0.944. The van der Waals surface area contributed by atoms with Gasteiger partial charge in [0.25, 0.3) is 0 Å². The van der Waals surface area contributed by atoms with Crippen LogP contribution in [0, 0.1) is 0 Å². The number of nitrogens with zero attached hydrogens (tertiary/aromatic N) is 2. The predicted octanol–water partition coefficient (Wildman–Crippen LogP) is 3.06. The molecule has 0 aliphatic rings. The predicted molar refractivity (Wildman–Crippen MR) is 78.0 cm³/mol. The van der Waals surface area contributed by atoms with Crippen LogP contribution in [0.4, 0.5) is 5.82 Å². The van der Waals surface area contributed by atoms with E-state index < -0.39 is 0 Å². The molecule has 2 N–H and O–H groups in total. The van der Waals surface area contributed by atoms with Crippen LogP contribution in [-0.2, 0) is 13.1 Å². The molecule has 0 radical (unpaired) electrons. The molecule has 4 heteroatoms. The van der Waals surface area contributed by atoms with Crippen molar-refractivity contribution in [3.05, 3.63) is 58.2 Å². The summed E-state index contributed by atoms with van der Waals surface area (Å²) in [4.78, 5) is 6.24. The first-order chi connectivity index (χ1) is 8.65. The lowest BCUT2D eigenvalue weighted by Crippen LogP contribution is -2.17. The number of nitrogen functional groups attached to an aromatic ring is 1. The minimum Gasteiger partial charge on any atom is -0.384 e. The van der Waals surface area contributed by atoms with E-state index >= 15 is 0 Å². The topological polar surface area (TPSA) is 42.2 Å². The van der Waals surface area contributed by atoms with E-state index in [2.05, 4.69) is 51.1 Å². The molecule has 0 spiro atoms. The van der Waals surface area contributed by atoms with Gasteiger partial charge in [0.05, 0.1) is 0 Å². The average molecular weight is 306 g/mol. The van der Waals surface area contributed by atoms with Gasteiger partial charge in [-0.2, -0.15) is 0 Å². The fraction of sp³-hybridized carbons (Fsp3) is 0.214. The van der Waals surface area contributed by atoms with Gasteiger partial charge >= 0.3 is 0 Å². The zero-order chi connectivity index (χ0) is 13.0. The highest BCUT2D eigenvalue weighted by Crippen LogP contribution is 2.18. The van der Waals surface area contributed by atoms with Crippen LogP contribution < -0.4 is 5.73 Å². The first kappa shape index (κ1) is 13.1. The Hall–Kier alpha value is -1.39. The number of hydrogen-bond donors (Lipinski definition) is 1. The molecule has 0 atom stereocenters. The van der Waals surface area contributed by atoms with Gasteiger partial charge < -0.3 is 5.73 Å². The maximum Gasteiger partial charge on any atom is 0.123 e. The lowest BCUT2D eigenvalue weighted by molar-refractivity contribution is 0.318. The summed E-state index contributed by atoms with van der Waals surface area (Å²) in [6.45, 7) is 1.75. The SMILES string of the molecule is CN(Cc1ccnc(N)c1)Cc1ccccc1Br. The number of rotatable bonds is 4. The minimum absolute atomic E-state index is 0.571. The molecule has 0 fully saturated rings. The molecule has 2 aromatic rings. The summed E-state index contributed by atoms with van der Waals surface area (Å²) in [7, 11) is 2.09. The van der Waals surface area contributed by atoms with Gasteiger partial charge in [0.15, 0.2) is 0 Å². The first-order valence-corrected chi connectivity index (χ1v) is 6.57. The second-order valence-electron chi connectivity index (χ2n) is 4.35. The number of pyridine rings is 1. The monoisotopic (exact) mass is 305 g/mol. The molecule has 0 amide bonds. The van der Waals surface area contributed by atoms with Crippen molar-refractivity contribution in [1.29, 1.82) is 0 Å². The Balaban J connectivity index is 2.01. The van der Waals surface area contributed by atoms with E-state index in [0.29, 0.717) is 5.82 Å². The first-order valence-electron chi connectivity index (χ1n) is 5.77. The van der Waals surface area contributed by atoms with E-state index in [-0.39, 0.29) is 0 Å². The van der Waals surface area contributed by atoms with Crippen LogP contribution in [-0.4, -0.2) is 16.9 Å². The smallest absolute Gasteiger partial charge is 0.123 e. The highest BCUT2D eigenvalue weighted by Gasteiger charge is 2.04. The molecule has 0 unspecified atom stereocenters. The van der Waals surface area contributed by atoms with Crippen LogP contribution in [0.15, 0.2) is 47.1 Å².